The van der Waals surface area contributed by atoms with Crippen LogP contribution in [0, 0.1) is 0 Å². The monoisotopic (exact) mass is 518 g/mol. The average molecular weight is 519 g/mol. The van der Waals surface area contributed by atoms with Gasteiger partial charge in [0, 0.05) is 16.2 Å². The first-order valence-electron chi connectivity index (χ1n) is 10.0. The largest absolute Gasteiger partial charge is 1.00 e. The number of thioether (sulfide) groups is 1. The van der Waals surface area contributed by atoms with Crippen molar-refractivity contribution in [2.75, 3.05) is 12.4 Å². The van der Waals surface area contributed by atoms with Crippen molar-refractivity contribution >= 4 is 52.8 Å². The van der Waals surface area contributed by atoms with Gasteiger partial charge in [0.15, 0.2) is 0 Å². The van der Waals surface area contributed by atoms with E-state index in [1.165, 1.54) is 36.9 Å². The maximum Gasteiger partial charge on any atom is 1.00 e. The number of amides is 3. The second-order valence-corrected chi connectivity index (χ2v) is 9.71. The normalized spacial score (nSPS) is 20.8. The van der Waals surface area contributed by atoms with Gasteiger partial charge in [-0.2, -0.15) is 0 Å². The molecule has 4 atom stereocenters. The van der Waals surface area contributed by atoms with Crippen LogP contribution in [0.25, 0.3) is 0 Å². The number of ether oxygens (including phenoxy) is 1. The number of nitrogens with one attached hydrogen (secondary N) is 2. The fourth-order valence-electron chi connectivity index (χ4n) is 3.27. The second kappa shape index (κ2) is 12.2. The molecular weight excluding hydrogens is 495 g/mol. The van der Waals surface area contributed by atoms with Gasteiger partial charge in [0.1, 0.15) is 24.1 Å². The smallest absolute Gasteiger partial charge is 0.543 e. The average Bonchev–Trinajstić information content (AvgIpc) is 3.27. The molecule has 14 heteroatoms. The maximum absolute atomic E-state index is 12.6. The first-order valence-corrected chi connectivity index (χ1v) is 11.9. The molecule has 1 saturated heterocycles. The summed E-state index contributed by atoms with van der Waals surface area (Å²) in [5, 5.41) is 18.1. The molecular formula is C20H23N4NaO7S2. The number of carbonyl (C=O) groups is 5. The minimum Gasteiger partial charge on any atom is -0.543 e. The number of thiophene rings is 1. The van der Waals surface area contributed by atoms with E-state index in [0.29, 0.717) is 0 Å². The number of β-lactam (4-membered cyclic amide) rings is 1. The number of hydrogen-bond acceptors (Lipinski definition) is 10. The van der Waals surface area contributed by atoms with Crippen LogP contribution in [0.2, 0.25) is 0 Å². The SMILES string of the molecule is C[C@H](N)C(=O)N[C@@H](C)C(=O)OCC1=C(C(=O)[O-])N2C(=O)[C@@H](NC(=O)Cc3cccs3)[C@@H]2SC1.[Na+]. The molecule has 1 fully saturated rings. The molecule has 3 rings (SSSR count). The fourth-order valence-corrected chi connectivity index (χ4v) is 5.30. The van der Waals surface area contributed by atoms with E-state index in [0.717, 1.165) is 9.78 Å². The van der Waals surface area contributed by atoms with Crippen molar-refractivity contribution in [3.8, 4) is 0 Å². The van der Waals surface area contributed by atoms with Gasteiger partial charge in [-0.25, -0.2) is 4.79 Å². The Kier molecular flexibility index (Phi) is 10.2. The summed E-state index contributed by atoms with van der Waals surface area (Å²) in [5.41, 5.74) is 5.26. The Morgan fingerprint density at radius 3 is 2.62 bits per heavy atom. The Balaban J connectivity index is 0.00000408. The number of carboxylic acid groups (broad SMARTS) is 1. The summed E-state index contributed by atoms with van der Waals surface area (Å²) in [7, 11) is 0. The van der Waals surface area contributed by atoms with Crippen LogP contribution in [0.4, 0.5) is 0 Å². The zero-order valence-corrected chi connectivity index (χ0v) is 22.5. The van der Waals surface area contributed by atoms with Crippen LogP contribution in [-0.2, 0) is 35.1 Å². The van der Waals surface area contributed by atoms with Crippen molar-refractivity contribution in [2.24, 2.45) is 5.73 Å². The van der Waals surface area contributed by atoms with Gasteiger partial charge in [-0.1, -0.05) is 6.07 Å². The number of nitrogens with zero attached hydrogens (tertiary/aromatic N) is 1. The summed E-state index contributed by atoms with van der Waals surface area (Å²) in [4.78, 5) is 62.3. The number of fused-ring (bicyclic) bond motifs is 1. The van der Waals surface area contributed by atoms with Crippen LogP contribution in [0.3, 0.4) is 0 Å². The molecule has 2 aliphatic rings. The van der Waals surface area contributed by atoms with Crippen molar-refractivity contribution < 1.29 is 63.4 Å². The van der Waals surface area contributed by atoms with Crippen LogP contribution >= 0.6 is 23.1 Å². The predicted octanol–water partition coefficient (Wildman–Crippen LogP) is -4.91. The number of carboxylic acids is 1. The molecule has 0 bridgehead atoms. The van der Waals surface area contributed by atoms with Crippen molar-refractivity contribution in [3.63, 3.8) is 0 Å². The zero-order chi connectivity index (χ0) is 24.3. The molecule has 1 aromatic heterocycles. The molecule has 3 heterocycles. The van der Waals surface area contributed by atoms with E-state index in [9.17, 15) is 29.1 Å². The van der Waals surface area contributed by atoms with Gasteiger partial charge in [0.2, 0.25) is 11.8 Å². The third kappa shape index (κ3) is 6.40. The Hall–Kier alpha value is -1.90. The van der Waals surface area contributed by atoms with E-state index in [1.54, 1.807) is 0 Å². The minimum absolute atomic E-state index is 0. The van der Waals surface area contributed by atoms with Gasteiger partial charge < -0.3 is 31.0 Å². The minimum atomic E-state index is -1.58. The topological polar surface area (TPSA) is 171 Å². The number of nitrogens with two attached hydrogens (primary N) is 1. The number of hydrogen-bond donors (Lipinski definition) is 3. The van der Waals surface area contributed by atoms with E-state index in [-0.39, 0.29) is 65.5 Å². The zero-order valence-electron chi connectivity index (χ0n) is 18.9. The number of esters is 1. The van der Waals surface area contributed by atoms with Crippen LogP contribution in [0.5, 0.6) is 0 Å². The van der Waals surface area contributed by atoms with E-state index in [2.05, 4.69) is 10.6 Å². The summed E-state index contributed by atoms with van der Waals surface area (Å²) < 4.78 is 5.13. The Morgan fingerprint density at radius 1 is 1.32 bits per heavy atom. The van der Waals surface area contributed by atoms with Crippen LogP contribution in [0.1, 0.15) is 18.7 Å². The van der Waals surface area contributed by atoms with Gasteiger partial charge in [-0.05, 0) is 25.3 Å². The molecule has 0 spiro atoms. The van der Waals surface area contributed by atoms with E-state index >= 15 is 0 Å². The standard InChI is InChI=1S/C20H24N4O7S2.Na/c1-9(21)16(26)22-10(2)20(30)31-7-11-8-33-18-14(17(27)24(18)15(11)19(28)29)23-13(25)6-12-4-3-5-32-12;/h3-5,9-10,14,18H,6-8,21H2,1-2H3,(H,22,26)(H,23,25)(H,28,29);/q;+1/p-1/t9-,10-,14+,18-;/m0./s1. The molecule has 0 saturated carbocycles. The van der Waals surface area contributed by atoms with E-state index < -0.39 is 47.3 Å². The van der Waals surface area contributed by atoms with Crippen LogP contribution < -0.4 is 51.0 Å². The molecule has 0 unspecified atom stereocenters. The first-order chi connectivity index (χ1) is 15.6. The van der Waals surface area contributed by atoms with Gasteiger partial charge in [-0.15, -0.1) is 23.1 Å². The molecule has 1 aromatic rings. The maximum atomic E-state index is 12.6. The quantitative estimate of drug-likeness (QED) is 0.165. The molecule has 0 aliphatic carbocycles. The Bertz CT molecular complexity index is 999. The summed E-state index contributed by atoms with van der Waals surface area (Å²) >= 11 is 2.67. The Labute approximate surface area is 226 Å². The Morgan fingerprint density at radius 2 is 2.03 bits per heavy atom. The van der Waals surface area contributed by atoms with Crippen molar-refractivity contribution in [1.82, 2.24) is 15.5 Å². The molecule has 34 heavy (non-hydrogen) atoms. The number of aliphatic carboxylic acids is 1. The fraction of sp³-hybridized carbons (Fsp3) is 0.450. The van der Waals surface area contributed by atoms with Gasteiger partial charge in [0.05, 0.1) is 24.1 Å². The summed E-state index contributed by atoms with van der Waals surface area (Å²) in [5.74, 6) is -3.66. The van der Waals surface area contributed by atoms with Gasteiger partial charge in [0.25, 0.3) is 5.91 Å². The molecule has 0 radical (unpaired) electrons. The molecule has 178 valence electrons. The van der Waals surface area contributed by atoms with Crippen LogP contribution in [0.15, 0.2) is 28.8 Å². The van der Waals surface area contributed by atoms with Gasteiger partial charge in [-0.3, -0.25) is 19.3 Å². The third-order valence-corrected chi connectivity index (χ3v) is 7.20. The molecule has 0 aromatic carbocycles. The van der Waals surface area contributed by atoms with E-state index in [1.807, 2.05) is 17.5 Å². The van der Waals surface area contributed by atoms with E-state index in [4.69, 9.17) is 10.5 Å². The molecule has 4 N–H and O–H groups in total. The van der Waals surface area contributed by atoms with Crippen molar-refractivity contribution in [2.45, 2.75) is 43.8 Å². The second-order valence-electron chi connectivity index (χ2n) is 7.58. The van der Waals surface area contributed by atoms with Gasteiger partial charge >= 0.3 is 35.5 Å². The molecule has 3 amide bonds. The summed E-state index contributed by atoms with van der Waals surface area (Å²) in [6, 6.07) is 0.971. The number of carbonyl (C=O) groups excluding carboxylic acids is 5. The first kappa shape index (κ1) is 28.3. The predicted molar refractivity (Wildman–Crippen MR) is 117 cm³/mol. The molecule has 2 aliphatic heterocycles. The summed E-state index contributed by atoms with van der Waals surface area (Å²) in [6.45, 7) is 2.48. The summed E-state index contributed by atoms with van der Waals surface area (Å²) in [6.07, 6.45) is 0.126. The van der Waals surface area contributed by atoms with Crippen molar-refractivity contribution in [3.05, 3.63) is 33.7 Å². The number of rotatable bonds is 9. The van der Waals surface area contributed by atoms with Crippen LogP contribution in [-0.4, -0.2) is 70.4 Å². The third-order valence-electron chi connectivity index (χ3n) is 4.99. The molecule has 11 nitrogen and oxygen atoms in total. The van der Waals surface area contributed by atoms with Crippen molar-refractivity contribution in [1.29, 1.82) is 0 Å².